The Bertz CT molecular complexity index is 739. The minimum absolute atomic E-state index is 0.0151. The highest BCUT2D eigenvalue weighted by molar-refractivity contribution is 6.35. The van der Waals surface area contributed by atoms with E-state index < -0.39 is 5.78 Å². The van der Waals surface area contributed by atoms with Crippen molar-refractivity contribution in [3.8, 4) is 6.07 Å². The first-order valence-corrected chi connectivity index (χ1v) is 6.44. The molecule has 2 rings (SSSR count). The molecule has 1 heterocycles. The number of aryl methyl sites for hydroxylation is 1. The second-order valence-electron chi connectivity index (χ2n) is 4.06. The normalized spacial score (nSPS) is 11.2. The zero-order chi connectivity index (χ0) is 14.7. The molecule has 100 valence electrons. The number of ketones is 1. The van der Waals surface area contributed by atoms with E-state index >= 15 is 0 Å². The van der Waals surface area contributed by atoms with Crippen LogP contribution >= 0.6 is 23.2 Å². The van der Waals surface area contributed by atoms with Crippen molar-refractivity contribution in [3.63, 3.8) is 0 Å². The lowest BCUT2D eigenvalue weighted by Gasteiger charge is -2.01. The third-order valence-corrected chi connectivity index (χ3v) is 3.29. The van der Waals surface area contributed by atoms with Crippen LogP contribution in [0.25, 0.3) is 6.08 Å². The van der Waals surface area contributed by atoms with Gasteiger partial charge in [-0.25, -0.2) is 0 Å². The Balaban J connectivity index is 2.43. The van der Waals surface area contributed by atoms with Crippen LogP contribution in [0.1, 0.15) is 21.7 Å². The van der Waals surface area contributed by atoms with E-state index in [0.717, 1.165) is 0 Å². The number of furan rings is 1. The van der Waals surface area contributed by atoms with Gasteiger partial charge in [0.05, 0.1) is 11.8 Å². The molecular formula is C15H9Cl2NO2. The molecule has 0 amide bonds. The van der Waals surface area contributed by atoms with Crippen molar-refractivity contribution in [1.29, 1.82) is 5.26 Å². The predicted octanol–water partition coefficient (Wildman–Crippen LogP) is 4.68. The first-order valence-electron chi connectivity index (χ1n) is 5.68. The number of halogens is 2. The van der Waals surface area contributed by atoms with Gasteiger partial charge in [0.25, 0.3) is 0 Å². The standard InChI is InChI=1S/C15H9Cl2NO2/c1-9-13(4-5-20-9)15(19)11(8-18)6-10-2-3-12(16)7-14(10)17/h2-7H,1H3/b11-6+. The number of nitriles is 1. The van der Waals surface area contributed by atoms with Gasteiger partial charge in [0.2, 0.25) is 5.78 Å². The molecule has 20 heavy (non-hydrogen) atoms. The van der Waals surface area contributed by atoms with Crippen LogP contribution in [0.4, 0.5) is 0 Å². The van der Waals surface area contributed by atoms with Crippen molar-refractivity contribution in [3.05, 3.63) is 63.0 Å². The quantitative estimate of drug-likeness (QED) is 0.470. The van der Waals surface area contributed by atoms with Crippen LogP contribution in [0.15, 0.2) is 40.5 Å². The van der Waals surface area contributed by atoms with Gasteiger partial charge in [0.15, 0.2) is 0 Å². The molecule has 1 aromatic carbocycles. The summed E-state index contributed by atoms with van der Waals surface area (Å²) in [6, 6.07) is 8.26. The number of hydrogen-bond donors (Lipinski definition) is 0. The summed E-state index contributed by atoms with van der Waals surface area (Å²) in [4.78, 5) is 12.2. The van der Waals surface area contributed by atoms with Crippen molar-refractivity contribution in [1.82, 2.24) is 0 Å². The average molecular weight is 306 g/mol. The van der Waals surface area contributed by atoms with Crippen LogP contribution in [0.3, 0.4) is 0 Å². The molecule has 0 aliphatic rings. The summed E-state index contributed by atoms with van der Waals surface area (Å²) in [7, 11) is 0. The minimum atomic E-state index is -0.398. The second-order valence-corrected chi connectivity index (χ2v) is 4.90. The van der Waals surface area contributed by atoms with Crippen molar-refractivity contribution in [2.75, 3.05) is 0 Å². The number of carbonyl (C=O) groups is 1. The summed E-state index contributed by atoms with van der Waals surface area (Å²) in [6.45, 7) is 1.66. The Morgan fingerprint density at radius 1 is 1.35 bits per heavy atom. The molecule has 2 aromatic rings. The Labute approximate surface area is 126 Å². The maximum Gasteiger partial charge on any atom is 0.207 e. The molecule has 5 heteroatoms. The Morgan fingerprint density at radius 3 is 2.65 bits per heavy atom. The van der Waals surface area contributed by atoms with E-state index in [4.69, 9.17) is 32.9 Å². The maximum absolute atomic E-state index is 12.2. The van der Waals surface area contributed by atoms with Gasteiger partial charge < -0.3 is 4.42 Å². The van der Waals surface area contributed by atoms with E-state index in [0.29, 0.717) is 26.9 Å². The fraction of sp³-hybridized carbons (Fsp3) is 0.0667. The third-order valence-electron chi connectivity index (χ3n) is 2.73. The lowest BCUT2D eigenvalue weighted by atomic mass is 10.0. The van der Waals surface area contributed by atoms with Gasteiger partial charge in [-0.1, -0.05) is 29.3 Å². The first kappa shape index (κ1) is 14.4. The molecule has 0 spiro atoms. The molecule has 0 saturated heterocycles. The summed E-state index contributed by atoms with van der Waals surface area (Å²) >= 11 is 11.8. The molecular weight excluding hydrogens is 297 g/mol. The van der Waals surface area contributed by atoms with Crippen LogP contribution in [0.2, 0.25) is 10.0 Å². The molecule has 0 N–H and O–H groups in total. The van der Waals surface area contributed by atoms with E-state index in [1.165, 1.54) is 18.4 Å². The van der Waals surface area contributed by atoms with E-state index in [2.05, 4.69) is 0 Å². The number of Topliss-reactive ketones (excluding diaryl/α,β-unsaturated/α-hetero) is 1. The first-order chi connectivity index (χ1) is 9.52. The summed E-state index contributed by atoms with van der Waals surface area (Å²) in [5.74, 6) is 0.0723. The molecule has 0 aliphatic carbocycles. The molecule has 0 unspecified atom stereocenters. The Kier molecular flexibility index (Phi) is 4.29. The van der Waals surface area contributed by atoms with Crippen molar-refractivity contribution in [2.45, 2.75) is 6.92 Å². The summed E-state index contributed by atoms with van der Waals surface area (Å²) in [5.41, 5.74) is 0.906. The number of rotatable bonds is 3. The molecule has 0 atom stereocenters. The van der Waals surface area contributed by atoms with Crippen molar-refractivity contribution >= 4 is 35.1 Å². The predicted molar refractivity (Wildman–Crippen MR) is 77.8 cm³/mol. The molecule has 0 saturated carbocycles. The number of nitrogens with zero attached hydrogens (tertiary/aromatic N) is 1. The minimum Gasteiger partial charge on any atom is -0.469 e. The largest absolute Gasteiger partial charge is 0.469 e. The van der Waals surface area contributed by atoms with Gasteiger partial charge >= 0.3 is 0 Å². The zero-order valence-electron chi connectivity index (χ0n) is 10.5. The average Bonchev–Trinajstić information content (AvgIpc) is 2.83. The zero-order valence-corrected chi connectivity index (χ0v) is 12.0. The Hall–Kier alpha value is -2.02. The monoisotopic (exact) mass is 305 g/mol. The fourth-order valence-electron chi connectivity index (χ4n) is 1.69. The SMILES string of the molecule is Cc1occc1C(=O)/C(C#N)=C/c1ccc(Cl)cc1Cl. The van der Waals surface area contributed by atoms with E-state index in [9.17, 15) is 4.79 Å². The topological polar surface area (TPSA) is 54.0 Å². The van der Waals surface area contributed by atoms with E-state index in [-0.39, 0.29) is 5.57 Å². The number of hydrogen-bond acceptors (Lipinski definition) is 3. The number of carbonyl (C=O) groups excluding carboxylic acids is 1. The van der Waals surface area contributed by atoms with E-state index in [1.807, 2.05) is 6.07 Å². The van der Waals surface area contributed by atoms with E-state index in [1.54, 1.807) is 25.1 Å². The maximum atomic E-state index is 12.2. The fourth-order valence-corrected chi connectivity index (χ4v) is 2.15. The molecule has 0 fully saturated rings. The van der Waals surface area contributed by atoms with Gasteiger partial charge in [-0.05, 0) is 36.8 Å². The highest BCUT2D eigenvalue weighted by atomic mass is 35.5. The molecule has 0 aliphatic heterocycles. The highest BCUT2D eigenvalue weighted by Gasteiger charge is 2.16. The number of allylic oxidation sites excluding steroid dienone is 1. The summed E-state index contributed by atoms with van der Waals surface area (Å²) in [6.07, 6.45) is 2.85. The summed E-state index contributed by atoms with van der Waals surface area (Å²) < 4.78 is 5.07. The lowest BCUT2D eigenvalue weighted by Crippen LogP contribution is -2.02. The van der Waals surface area contributed by atoms with Gasteiger partial charge in [-0.15, -0.1) is 0 Å². The van der Waals surface area contributed by atoms with Gasteiger partial charge in [-0.2, -0.15) is 5.26 Å². The Morgan fingerprint density at radius 2 is 2.10 bits per heavy atom. The second kappa shape index (κ2) is 5.96. The molecule has 3 nitrogen and oxygen atoms in total. The van der Waals surface area contributed by atoms with Crippen LogP contribution in [0, 0.1) is 18.3 Å². The van der Waals surface area contributed by atoms with Crippen LogP contribution in [-0.2, 0) is 0 Å². The molecule has 0 bridgehead atoms. The van der Waals surface area contributed by atoms with Gasteiger partial charge in [0, 0.05) is 10.0 Å². The van der Waals surface area contributed by atoms with Crippen LogP contribution in [0.5, 0.6) is 0 Å². The van der Waals surface area contributed by atoms with Crippen LogP contribution in [-0.4, -0.2) is 5.78 Å². The highest BCUT2D eigenvalue weighted by Crippen LogP contribution is 2.24. The molecule has 0 radical (unpaired) electrons. The van der Waals surface area contributed by atoms with Gasteiger partial charge in [-0.3, -0.25) is 4.79 Å². The van der Waals surface area contributed by atoms with Gasteiger partial charge in [0.1, 0.15) is 17.4 Å². The van der Waals surface area contributed by atoms with Crippen LogP contribution < -0.4 is 0 Å². The smallest absolute Gasteiger partial charge is 0.207 e. The third kappa shape index (κ3) is 2.93. The molecule has 1 aromatic heterocycles. The van der Waals surface area contributed by atoms with Crippen molar-refractivity contribution < 1.29 is 9.21 Å². The lowest BCUT2D eigenvalue weighted by molar-refractivity contribution is 0.103. The van der Waals surface area contributed by atoms with Crippen molar-refractivity contribution in [2.24, 2.45) is 0 Å². The number of benzene rings is 1. The summed E-state index contributed by atoms with van der Waals surface area (Å²) in [5, 5.41) is 10.0.